The smallest absolute Gasteiger partial charge is 0.324 e. The number of anilines is 1. The first-order valence-corrected chi connectivity index (χ1v) is 8.65. The molecular weight excluding hydrogens is 288 g/mol. The van der Waals surface area contributed by atoms with E-state index >= 15 is 0 Å². The summed E-state index contributed by atoms with van der Waals surface area (Å²) in [6.45, 7) is 3.99. The second-order valence-electron chi connectivity index (χ2n) is 5.15. The van der Waals surface area contributed by atoms with Gasteiger partial charge in [0.25, 0.3) is 0 Å². The van der Waals surface area contributed by atoms with Gasteiger partial charge in [0.1, 0.15) is 5.01 Å². The van der Waals surface area contributed by atoms with Crippen LogP contribution in [0.25, 0.3) is 0 Å². The third kappa shape index (κ3) is 2.10. The van der Waals surface area contributed by atoms with Crippen molar-refractivity contribution in [2.75, 3.05) is 16.4 Å². The Morgan fingerprint density at radius 2 is 2.11 bits per heavy atom. The van der Waals surface area contributed by atoms with E-state index in [4.69, 9.17) is 0 Å². The van der Waals surface area contributed by atoms with E-state index in [9.17, 15) is 13.2 Å². The molecule has 2 amide bonds. The van der Waals surface area contributed by atoms with Crippen LogP contribution in [0.1, 0.15) is 24.8 Å². The maximum Gasteiger partial charge on any atom is 0.324 e. The van der Waals surface area contributed by atoms with Crippen molar-refractivity contribution >= 4 is 32.3 Å². The Balaban J connectivity index is 1.92. The monoisotopic (exact) mass is 302 g/mol. The van der Waals surface area contributed by atoms with Crippen molar-refractivity contribution < 1.29 is 13.2 Å². The predicted molar refractivity (Wildman–Crippen MR) is 71.2 cm³/mol. The quantitative estimate of drug-likeness (QED) is 0.796. The molecule has 1 N–H and O–H groups in total. The Hall–Kier alpha value is -1.22. The van der Waals surface area contributed by atoms with Crippen molar-refractivity contribution in [1.29, 1.82) is 0 Å². The molecule has 2 fully saturated rings. The van der Waals surface area contributed by atoms with Gasteiger partial charge in [0, 0.05) is 5.92 Å². The fourth-order valence-electron chi connectivity index (χ4n) is 2.39. The highest BCUT2D eigenvalue weighted by molar-refractivity contribution is 7.91. The minimum Gasteiger partial charge on any atom is -0.332 e. The van der Waals surface area contributed by atoms with Gasteiger partial charge in [0.05, 0.1) is 23.6 Å². The number of aromatic nitrogens is 2. The summed E-state index contributed by atoms with van der Waals surface area (Å²) < 4.78 is 23.3. The molecule has 9 heteroatoms. The first-order valence-electron chi connectivity index (χ1n) is 6.01. The number of nitrogens with one attached hydrogen (secondary N) is 1. The van der Waals surface area contributed by atoms with Gasteiger partial charge < -0.3 is 5.32 Å². The average molecular weight is 302 g/mol. The third-order valence-corrected chi connectivity index (χ3v) is 6.25. The lowest BCUT2D eigenvalue weighted by Gasteiger charge is -2.16. The van der Waals surface area contributed by atoms with Gasteiger partial charge >= 0.3 is 6.03 Å². The standard InChI is InChI=1S/C10H14N4O3S2/c1-5(2)8-12-13-10(18-8)14-7-4-19(16,17)3-6(7)11-9(14)15/h5-7H,3-4H2,1-2H3,(H,11,15)/t6-,7-/m1/s1. The van der Waals surface area contributed by atoms with Crippen molar-refractivity contribution in [1.82, 2.24) is 15.5 Å². The maximum atomic E-state index is 11.9. The van der Waals surface area contributed by atoms with Gasteiger partial charge in [-0.25, -0.2) is 13.2 Å². The normalized spacial score (nSPS) is 28.8. The molecular formula is C10H14N4O3S2. The molecule has 2 aliphatic rings. The number of hydrogen-bond donors (Lipinski definition) is 1. The van der Waals surface area contributed by atoms with E-state index < -0.39 is 9.84 Å². The molecule has 0 bridgehead atoms. The molecule has 0 aromatic carbocycles. The minimum absolute atomic E-state index is 0.00695. The Morgan fingerprint density at radius 3 is 2.74 bits per heavy atom. The second-order valence-corrected chi connectivity index (χ2v) is 8.29. The van der Waals surface area contributed by atoms with Crippen LogP contribution in [0.15, 0.2) is 0 Å². The van der Waals surface area contributed by atoms with E-state index in [-0.39, 0.29) is 35.5 Å². The predicted octanol–water partition coefficient (Wildman–Crippen LogP) is 0.357. The van der Waals surface area contributed by atoms with Crippen molar-refractivity contribution in [3.8, 4) is 0 Å². The Labute approximate surface area is 114 Å². The Morgan fingerprint density at radius 1 is 1.37 bits per heavy atom. The van der Waals surface area contributed by atoms with E-state index in [1.165, 1.54) is 16.2 Å². The zero-order valence-electron chi connectivity index (χ0n) is 10.5. The summed E-state index contributed by atoms with van der Waals surface area (Å²) in [5.41, 5.74) is 0. The molecule has 0 unspecified atom stereocenters. The van der Waals surface area contributed by atoms with Gasteiger partial charge in [-0.05, 0) is 0 Å². The largest absolute Gasteiger partial charge is 0.332 e. The summed E-state index contributed by atoms with van der Waals surface area (Å²) in [6.07, 6.45) is 0. The Kier molecular flexibility index (Phi) is 2.79. The molecule has 2 aliphatic heterocycles. The fourth-order valence-corrected chi connectivity index (χ4v) is 5.18. The summed E-state index contributed by atoms with van der Waals surface area (Å²) in [7, 11) is -3.08. The number of nitrogens with zero attached hydrogens (tertiary/aromatic N) is 3. The Bertz CT molecular complexity index is 624. The molecule has 19 heavy (non-hydrogen) atoms. The summed E-state index contributed by atoms with van der Waals surface area (Å²) >= 11 is 1.34. The van der Waals surface area contributed by atoms with Crippen molar-refractivity contribution in [3.05, 3.63) is 5.01 Å². The molecule has 3 heterocycles. The van der Waals surface area contributed by atoms with Crippen LogP contribution in [0.2, 0.25) is 0 Å². The second kappa shape index (κ2) is 4.14. The van der Waals surface area contributed by atoms with Gasteiger partial charge in [-0.1, -0.05) is 25.2 Å². The van der Waals surface area contributed by atoms with Crippen LogP contribution >= 0.6 is 11.3 Å². The highest BCUT2D eigenvalue weighted by Gasteiger charge is 2.50. The number of carbonyl (C=O) groups is 1. The number of hydrogen-bond acceptors (Lipinski definition) is 6. The van der Waals surface area contributed by atoms with E-state index in [1.54, 1.807) is 0 Å². The molecule has 7 nitrogen and oxygen atoms in total. The lowest BCUT2D eigenvalue weighted by molar-refractivity contribution is 0.251. The fraction of sp³-hybridized carbons (Fsp3) is 0.700. The summed E-state index contributed by atoms with van der Waals surface area (Å²) in [5.74, 6) is 0.239. The topological polar surface area (TPSA) is 92.3 Å². The number of rotatable bonds is 2. The lowest BCUT2D eigenvalue weighted by Crippen LogP contribution is -2.36. The molecule has 104 valence electrons. The summed E-state index contributed by atoms with van der Waals surface area (Å²) in [6, 6.07) is -0.967. The van der Waals surface area contributed by atoms with Crippen molar-refractivity contribution in [3.63, 3.8) is 0 Å². The van der Waals surface area contributed by atoms with Gasteiger partial charge in [-0.2, -0.15) is 0 Å². The summed E-state index contributed by atoms with van der Waals surface area (Å²) in [5, 5.41) is 12.1. The van der Waals surface area contributed by atoms with Gasteiger partial charge in [-0.3, -0.25) is 4.90 Å². The molecule has 2 saturated heterocycles. The molecule has 0 radical (unpaired) electrons. The number of fused-ring (bicyclic) bond motifs is 1. The van der Waals surface area contributed by atoms with Crippen LogP contribution in [0.5, 0.6) is 0 Å². The summed E-state index contributed by atoms with van der Waals surface area (Å²) in [4.78, 5) is 13.4. The number of urea groups is 1. The maximum absolute atomic E-state index is 11.9. The highest BCUT2D eigenvalue weighted by atomic mass is 32.2. The van der Waals surface area contributed by atoms with Crippen LogP contribution in [-0.4, -0.2) is 48.2 Å². The lowest BCUT2D eigenvalue weighted by atomic mass is 10.2. The first-order chi connectivity index (χ1) is 8.87. The first kappa shape index (κ1) is 12.8. The zero-order valence-corrected chi connectivity index (χ0v) is 12.2. The molecule has 0 saturated carbocycles. The van der Waals surface area contributed by atoms with Crippen molar-refractivity contribution in [2.24, 2.45) is 0 Å². The van der Waals surface area contributed by atoms with Crippen LogP contribution < -0.4 is 10.2 Å². The van der Waals surface area contributed by atoms with E-state index in [0.717, 1.165) is 5.01 Å². The minimum atomic E-state index is -3.08. The SMILES string of the molecule is CC(C)c1nnc(N2C(=O)N[C@@H]3CS(=O)(=O)C[C@H]32)s1. The van der Waals surface area contributed by atoms with Gasteiger partial charge in [0.15, 0.2) is 9.84 Å². The van der Waals surface area contributed by atoms with Crippen molar-refractivity contribution in [2.45, 2.75) is 31.8 Å². The highest BCUT2D eigenvalue weighted by Crippen LogP contribution is 2.33. The van der Waals surface area contributed by atoms with Crippen LogP contribution in [0.3, 0.4) is 0 Å². The van der Waals surface area contributed by atoms with Gasteiger partial charge in [0.2, 0.25) is 5.13 Å². The zero-order chi connectivity index (χ0) is 13.8. The molecule has 1 aromatic rings. The third-order valence-electron chi connectivity index (χ3n) is 3.31. The van der Waals surface area contributed by atoms with E-state index in [2.05, 4.69) is 15.5 Å². The molecule has 2 atom stereocenters. The van der Waals surface area contributed by atoms with E-state index in [0.29, 0.717) is 5.13 Å². The molecule has 3 rings (SSSR count). The molecule has 0 spiro atoms. The van der Waals surface area contributed by atoms with Crippen LogP contribution in [-0.2, 0) is 9.84 Å². The molecule has 1 aromatic heterocycles. The van der Waals surface area contributed by atoms with Crippen LogP contribution in [0, 0.1) is 0 Å². The van der Waals surface area contributed by atoms with Gasteiger partial charge in [-0.15, -0.1) is 10.2 Å². The average Bonchev–Trinajstić information content (AvgIpc) is 2.90. The number of carbonyl (C=O) groups excluding carboxylic acids is 1. The van der Waals surface area contributed by atoms with E-state index in [1.807, 2.05) is 13.8 Å². The molecule has 0 aliphatic carbocycles. The number of amides is 2. The number of sulfone groups is 1. The van der Waals surface area contributed by atoms with Crippen LogP contribution in [0.4, 0.5) is 9.93 Å².